The fourth-order valence-corrected chi connectivity index (χ4v) is 7.90. The molecule has 1 atom stereocenters. The van der Waals surface area contributed by atoms with Crippen molar-refractivity contribution < 1.29 is 19.1 Å². The molecular weight excluding hydrogens is 512 g/mol. The number of hydrogen-bond donors (Lipinski definition) is 2. The van der Waals surface area contributed by atoms with E-state index in [9.17, 15) is 14.4 Å². The van der Waals surface area contributed by atoms with Gasteiger partial charge in [-0.2, -0.15) is 0 Å². The van der Waals surface area contributed by atoms with E-state index >= 15 is 0 Å². The Morgan fingerprint density at radius 3 is 2.49 bits per heavy atom. The minimum atomic E-state index is -0.396. The summed E-state index contributed by atoms with van der Waals surface area (Å²) in [5.41, 5.74) is 1.72. The first-order valence-corrected chi connectivity index (χ1v) is 14.9. The number of cyclic esters (lactones) is 1. The van der Waals surface area contributed by atoms with E-state index in [2.05, 4.69) is 15.5 Å². The molecule has 2 N–H and O–H groups in total. The highest BCUT2D eigenvalue weighted by molar-refractivity contribution is 7.20. The normalized spacial score (nSPS) is 23.6. The van der Waals surface area contributed by atoms with Crippen molar-refractivity contribution in [2.75, 3.05) is 38.0 Å². The van der Waals surface area contributed by atoms with Crippen LogP contribution in [0.1, 0.15) is 68.8 Å². The maximum absolute atomic E-state index is 13.9. The van der Waals surface area contributed by atoms with Crippen LogP contribution in [0.4, 0.5) is 9.80 Å². The Morgan fingerprint density at radius 2 is 1.85 bits per heavy atom. The molecule has 5 rings (SSSR count). The molecule has 3 aliphatic rings. The summed E-state index contributed by atoms with van der Waals surface area (Å²) in [5.74, 6) is -0.0773. The summed E-state index contributed by atoms with van der Waals surface area (Å²) < 4.78 is 5.72. The lowest BCUT2D eigenvalue weighted by molar-refractivity contribution is -0.154. The number of piperidine rings is 2. The van der Waals surface area contributed by atoms with Crippen LogP contribution in [0, 0.1) is 12.3 Å². The molecule has 2 aromatic rings. The van der Waals surface area contributed by atoms with Crippen LogP contribution in [-0.2, 0) is 9.53 Å². The third kappa shape index (κ3) is 5.57. The number of nitrogens with zero attached hydrogens (tertiary/aromatic N) is 2. The van der Waals surface area contributed by atoms with Crippen molar-refractivity contribution in [2.45, 2.75) is 71.4 Å². The number of benzene rings is 1. The molecule has 8 nitrogen and oxygen atoms in total. The van der Waals surface area contributed by atoms with Crippen molar-refractivity contribution in [3.63, 3.8) is 0 Å². The Kier molecular flexibility index (Phi) is 7.75. The van der Waals surface area contributed by atoms with E-state index in [4.69, 9.17) is 4.74 Å². The molecule has 3 amide bonds. The van der Waals surface area contributed by atoms with E-state index in [1.165, 1.54) is 11.3 Å². The SMILES string of the molecule is CCNC(=O)Nc1sc(-c2ccccc2)c(C)c1C(=O)N1CCC(N2CCCC3(C2)CC(C)(C)OC3=O)CC1. The van der Waals surface area contributed by atoms with Gasteiger partial charge in [-0.15, -0.1) is 11.3 Å². The highest BCUT2D eigenvalue weighted by atomic mass is 32.1. The van der Waals surface area contributed by atoms with Crippen molar-refractivity contribution in [1.82, 2.24) is 15.1 Å². The zero-order chi connectivity index (χ0) is 27.8. The Balaban J connectivity index is 1.30. The summed E-state index contributed by atoms with van der Waals surface area (Å²) in [7, 11) is 0. The van der Waals surface area contributed by atoms with Gasteiger partial charge in [-0.05, 0) is 71.0 Å². The van der Waals surface area contributed by atoms with E-state index in [0.29, 0.717) is 36.2 Å². The van der Waals surface area contributed by atoms with E-state index in [1.54, 1.807) is 0 Å². The molecule has 3 aliphatic heterocycles. The molecular formula is C30H40N4O4S. The van der Waals surface area contributed by atoms with Crippen LogP contribution in [0.15, 0.2) is 30.3 Å². The van der Waals surface area contributed by atoms with Gasteiger partial charge in [0.2, 0.25) is 0 Å². The Morgan fingerprint density at radius 1 is 1.13 bits per heavy atom. The number of nitrogens with one attached hydrogen (secondary N) is 2. The van der Waals surface area contributed by atoms with Gasteiger partial charge in [0.25, 0.3) is 5.91 Å². The summed E-state index contributed by atoms with van der Waals surface area (Å²) >= 11 is 1.45. The Bertz CT molecular complexity index is 1240. The molecule has 210 valence electrons. The minimum Gasteiger partial charge on any atom is -0.459 e. The average molecular weight is 553 g/mol. The monoisotopic (exact) mass is 552 g/mol. The predicted octanol–water partition coefficient (Wildman–Crippen LogP) is 5.28. The predicted molar refractivity (Wildman–Crippen MR) is 154 cm³/mol. The highest BCUT2D eigenvalue weighted by Gasteiger charge is 2.54. The molecule has 1 unspecified atom stereocenters. The van der Waals surface area contributed by atoms with Crippen LogP contribution in [-0.4, -0.2) is 72.1 Å². The third-order valence-electron chi connectivity index (χ3n) is 8.40. The van der Waals surface area contributed by atoms with Crippen molar-refractivity contribution in [1.29, 1.82) is 0 Å². The molecule has 9 heteroatoms. The summed E-state index contributed by atoms with van der Waals surface area (Å²) in [6.07, 6.45) is 4.40. The van der Waals surface area contributed by atoms with Gasteiger partial charge < -0.3 is 15.0 Å². The van der Waals surface area contributed by atoms with Gasteiger partial charge in [0.05, 0.1) is 11.0 Å². The van der Waals surface area contributed by atoms with Crippen molar-refractivity contribution in [2.24, 2.45) is 5.41 Å². The molecule has 3 fully saturated rings. The minimum absolute atomic E-state index is 0.0348. The molecule has 1 aromatic heterocycles. The second-order valence-electron chi connectivity index (χ2n) is 11.8. The van der Waals surface area contributed by atoms with Crippen LogP contribution >= 0.6 is 11.3 Å². The molecule has 3 saturated heterocycles. The van der Waals surface area contributed by atoms with Crippen LogP contribution in [0.25, 0.3) is 10.4 Å². The van der Waals surface area contributed by atoms with Crippen LogP contribution in [0.5, 0.6) is 0 Å². The van der Waals surface area contributed by atoms with E-state index in [0.717, 1.165) is 61.2 Å². The van der Waals surface area contributed by atoms with Gasteiger partial charge in [0.1, 0.15) is 10.6 Å². The number of amides is 3. The third-order valence-corrected chi connectivity index (χ3v) is 9.66. The molecule has 39 heavy (non-hydrogen) atoms. The lowest BCUT2D eigenvalue weighted by Crippen LogP contribution is -2.53. The number of thiophene rings is 1. The molecule has 0 aliphatic carbocycles. The van der Waals surface area contributed by atoms with Gasteiger partial charge in [-0.25, -0.2) is 4.79 Å². The lowest BCUT2D eigenvalue weighted by Gasteiger charge is -2.44. The number of carbonyl (C=O) groups excluding carboxylic acids is 3. The smallest absolute Gasteiger partial charge is 0.319 e. The Hall–Kier alpha value is -2.91. The van der Waals surface area contributed by atoms with Gasteiger partial charge in [-0.1, -0.05) is 30.3 Å². The second-order valence-corrected chi connectivity index (χ2v) is 12.8. The number of esters is 1. The highest BCUT2D eigenvalue weighted by Crippen LogP contribution is 2.47. The maximum Gasteiger partial charge on any atom is 0.319 e. The average Bonchev–Trinajstić information content (AvgIpc) is 3.34. The Labute approximate surface area is 235 Å². The first-order chi connectivity index (χ1) is 18.6. The molecule has 0 saturated carbocycles. The van der Waals surface area contributed by atoms with Crippen LogP contribution in [0.2, 0.25) is 0 Å². The van der Waals surface area contributed by atoms with Gasteiger partial charge in [0, 0.05) is 43.5 Å². The van der Waals surface area contributed by atoms with Gasteiger partial charge in [-0.3, -0.25) is 19.8 Å². The number of carbonyl (C=O) groups is 3. The van der Waals surface area contributed by atoms with Crippen molar-refractivity contribution in [3.8, 4) is 10.4 Å². The second kappa shape index (κ2) is 10.9. The zero-order valence-electron chi connectivity index (χ0n) is 23.5. The summed E-state index contributed by atoms with van der Waals surface area (Å²) in [6, 6.07) is 10.0. The standard InChI is InChI=1S/C30H40N4O4S/c1-5-31-28(37)32-25-23(20(2)24(39-25)21-10-7-6-8-11-21)26(35)33-16-12-22(13-17-33)34-15-9-14-30(19-34)18-29(3,4)38-27(30)36/h6-8,10-11,22H,5,9,12-19H2,1-4H3,(H2,31,32,37). The zero-order valence-corrected chi connectivity index (χ0v) is 24.3. The first kappa shape index (κ1) is 27.6. The molecule has 1 spiro atoms. The topological polar surface area (TPSA) is 91.0 Å². The number of anilines is 1. The molecule has 0 bridgehead atoms. The molecule has 1 aromatic carbocycles. The number of rotatable bonds is 5. The van der Waals surface area contributed by atoms with E-state index < -0.39 is 11.0 Å². The first-order valence-electron chi connectivity index (χ1n) is 14.1. The molecule has 0 radical (unpaired) electrons. The fourth-order valence-electron chi connectivity index (χ4n) is 6.70. The summed E-state index contributed by atoms with van der Waals surface area (Å²) in [6.45, 7) is 11.4. The van der Waals surface area contributed by atoms with Crippen molar-refractivity contribution >= 4 is 34.2 Å². The van der Waals surface area contributed by atoms with Gasteiger partial charge in [0.15, 0.2) is 0 Å². The number of urea groups is 1. The summed E-state index contributed by atoms with van der Waals surface area (Å²) in [5, 5.41) is 6.29. The maximum atomic E-state index is 13.9. The van der Waals surface area contributed by atoms with E-state index in [-0.39, 0.29) is 17.9 Å². The van der Waals surface area contributed by atoms with Crippen LogP contribution < -0.4 is 10.6 Å². The number of likely N-dealkylation sites (tertiary alicyclic amines) is 2. The quantitative estimate of drug-likeness (QED) is 0.493. The van der Waals surface area contributed by atoms with Crippen LogP contribution in [0.3, 0.4) is 0 Å². The fraction of sp³-hybridized carbons (Fsp3) is 0.567. The largest absolute Gasteiger partial charge is 0.459 e. The summed E-state index contributed by atoms with van der Waals surface area (Å²) in [4.78, 5) is 44.6. The number of ether oxygens (including phenoxy) is 1. The van der Waals surface area contributed by atoms with E-state index in [1.807, 2.05) is 62.9 Å². The lowest BCUT2D eigenvalue weighted by atomic mass is 9.74. The van der Waals surface area contributed by atoms with Crippen molar-refractivity contribution in [3.05, 3.63) is 41.5 Å². The number of hydrogen-bond acceptors (Lipinski definition) is 6. The van der Waals surface area contributed by atoms with Gasteiger partial charge >= 0.3 is 12.0 Å². The molecule has 4 heterocycles.